The first-order valence-corrected chi connectivity index (χ1v) is 6.20. The van der Waals surface area contributed by atoms with Gasteiger partial charge in [0.15, 0.2) is 0 Å². The van der Waals surface area contributed by atoms with E-state index in [4.69, 9.17) is 16.7 Å². The topological polar surface area (TPSA) is 95.1 Å². The van der Waals surface area contributed by atoms with Gasteiger partial charge in [-0.3, -0.25) is 4.79 Å². The highest BCUT2D eigenvalue weighted by Gasteiger charge is 2.21. The number of aromatic nitrogens is 2. The average Bonchev–Trinajstić information content (AvgIpc) is 2.91. The van der Waals surface area contributed by atoms with Gasteiger partial charge >= 0.3 is 5.97 Å². The van der Waals surface area contributed by atoms with E-state index in [0.29, 0.717) is 16.3 Å². The maximum Gasteiger partial charge on any atom is 0.326 e. The van der Waals surface area contributed by atoms with Crippen LogP contribution < -0.4 is 5.32 Å². The van der Waals surface area contributed by atoms with E-state index < -0.39 is 17.9 Å². The molecule has 0 unspecified atom stereocenters. The molecular weight excluding hydrogens is 282 g/mol. The van der Waals surface area contributed by atoms with E-state index in [2.05, 4.69) is 15.3 Å². The summed E-state index contributed by atoms with van der Waals surface area (Å²) in [6.45, 7) is 0. The van der Waals surface area contributed by atoms with Crippen LogP contribution in [0.5, 0.6) is 0 Å². The van der Waals surface area contributed by atoms with E-state index in [1.807, 2.05) is 0 Å². The van der Waals surface area contributed by atoms with Crippen LogP contribution in [-0.2, 0) is 11.2 Å². The second kappa shape index (κ2) is 6.21. The fraction of sp³-hybridized carbons (Fsp3) is 0.154. The molecule has 0 saturated carbocycles. The van der Waals surface area contributed by atoms with E-state index in [0.717, 1.165) is 0 Å². The van der Waals surface area contributed by atoms with E-state index in [9.17, 15) is 9.59 Å². The van der Waals surface area contributed by atoms with Gasteiger partial charge in [-0.05, 0) is 24.3 Å². The highest BCUT2D eigenvalue weighted by molar-refractivity contribution is 6.30. The Morgan fingerprint density at radius 3 is 2.60 bits per heavy atom. The number of rotatable bonds is 5. The van der Waals surface area contributed by atoms with Crippen molar-refractivity contribution in [2.24, 2.45) is 0 Å². The first kappa shape index (κ1) is 14.1. The van der Waals surface area contributed by atoms with Crippen LogP contribution in [-0.4, -0.2) is 33.0 Å². The molecule has 6 nitrogen and oxygen atoms in total. The molecule has 1 atom stereocenters. The number of aliphatic carboxylic acids is 1. The zero-order valence-electron chi connectivity index (χ0n) is 10.3. The Morgan fingerprint density at radius 2 is 2.05 bits per heavy atom. The summed E-state index contributed by atoms with van der Waals surface area (Å²) in [4.78, 5) is 29.7. The number of aromatic amines is 1. The van der Waals surface area contributed by atoms with Crippen LogP contribution in [0.3, 0.4) is 0 Å². The van der Waals surface area contributed by atoms with Crippen molar-refractivity contribution in [1.82, 2.24) is 15.3 Å². The molecule has 104 valence electrons. The predicted molar refractivity (Wildman–Crippen MR) is 72.6 cm³/mol. The molecule has 1 aromatic heterocycles. The van der Waals surface area contributed by atoms with Crippen molar-refractivity contribution in [3.05, 3.63) is 53.1 Å². The fourth-order valence-corrected chi connectivity index (χ4v) is 1.79. The molecule has 7 heteroatoms. The minimum Gasteiger partial charge on any atom is -0.480 e. The molecule has 2 aromatic rings. The lowest BCUT2D eigenvalue weighted by molar-refractivity contribution is -0.139. The van der Waals surface area contributed by atoms with Gasteiger partial charge in [0.05, 0.1) is 6.33 Å². The lowest BCUT2D eigenvalue weighted by Crippen LogP contribution is -2.42. The molecule has 0 aliphatic heterocycles. The Bertz CT molecular complexity index is 596. The van der Waals surface area contributed by atoms with Crippen molar-refractivity contribution in [3.8, 4) is 0 Å². The molecule has 0 saturated heterocycles. The normalized spacial score (nSPS) is 11.8. The molecule has 0 spiro atoms. The van der Waals surface area contributed by atoms with Crippen LogP contribution >= 0.6 is 11.6 Å². The van der Waals surface area contributed by atoms with E-state index >= 15 is 0 Å². The van der Waals surface area contributed by atoms with Crippen LogP contribution in [0.1, 0.15) is 16.1 Å². The lowest BCUT2D eigenvalue weighted by atomic mass is 10.1. The third kappa shape index (κ3) is 3.58. The quantitative estimate of drug-likeness (QED) is 0.778. The van der Waals surface area contributed by atoms with Crippen LogP contribution in [0.4, 0.5) is 0 Å². The second-order valence-electron chi connectivity index (χ2n) is 4.15. The average molecular weight is 294 g/mol. The Balaban J connectivity index is 2.06. The molecule has 0 aliphatic carbocycles. The summed E-state index contributed by atoms with van der Waals surface area (Å²) in [7, 11) is 0. The number of nitrogens with one attached hydrogen (secondary N) is 2. The fourth-order valence-electron chi connectivity index (χ4n) is 1.66. The van der Waals surface area contributed by atoms with Gasteiger partial charge in [-0.25, -0.2) is 9.78 Å². The Kier molecular flexibility index (Phi) is 4.37. The van der Waals surface area contributed by atoms with Crippen molar-refractivity contribution >= 4 is 23.5 Å². The summed E-state index contributed by atoms with van der Waals surface area (Å²) in [6.07, 6.45) is 3.11. The van der Waals surface area contributed by atoms with Crippen LogP contribution in [0, 0.1) is 0 Å². The summed E-state index contributed by atoms with van der Waals surface area (Å²) in [5.74, 6) is -1.57. The predicted octanol–water partition coefficient (Wildman–Crippen LogP) is 1.49. The number of imidazole rings is 1. The van der Waals surface area contributed by atoms with E-state index in [1.165, 1.54) is 24.7 Å². The molecule has 20 heavy (non-hydrogen) atoms. The number of benzene rings is 1. The molecule has 1 amide bonds. The number of halogens is 1. The summed E-state index contributed by atoms with van der Waals surface area (Å²) in [6, 6.07) is 5.18. The number of carbonyl (C=O) groups is 2. The smallest absolute Gasteiger partial charge is 0.326 e. The molecule has 2 rings (SSSR count). The summed E-state index contributed by atoms with van der Waals surface area (Å²) in [5.41, 5.74) is 0.985. The zero-order chi connectivity index (χ0) is 14.5. The van der Waals surface area contributed by atoms with Crippen LogP contribution in [0.2, 0.25) is 5.02 Å². The molecule has 0 aliphatic rings. The molecule has 0 radical (unpaired) electrons. The number of carboxylic acids is 1. The Hall–Kier alpha value is -2.34. The van der Waals surface area contributed by atoms with Crippen molar-refractivity contribution in [3.63, 3.8) is 0 Å². The number of amides is 1. The minimum absolute atomic E-state index is 0.134. The monoisotopic (exact) mass is 293 g/mol. The van der Waals surface area contributed by atoms with Gasteiger partial charge < -0.3 is 15.4 Å². The SMILES string of the molecule is O=C(N[C@H](Cc1cnc[nH]1)C(=O)O)c1ccc(Cl)cc1. The van der Waals surface area contributed by atoms with Gasteiger partial charge in [0.25, 0.3) is 5.91 Å². The summed E-state index contributed by atoms with van der Waals surface area (Å²) in [5, 5.41) is 12.1. The molecule has 3 N–H and O–H groups in total. The first-order valence-electron chi connectivity index (χ1n) is 5.83. The van der Waals surface area contributed by atoms with Crippen LogP contribution in [0.15, 0.2) is 36.8 Å². The standard InChI is InChI=1S/C13H12ClN3O3/c14-9-3-1-8(2-4-9)12(18)17-11(13(19)20)5-10-6-15-7-16-10/h1-4,6-7,11H,5H2,(H,15,16)(H,17,18)(H,19,20)/t11-/m1/s1. The number of nitrogens with zero attached hydrogens (tertiary/aromatic N) is 1. The zero-order valence-corrected chi connectivity index (χ0v) is 11.1. The largest absolute Gasteiger partial charge is 0.480 e. The lowest BCUT2D eigenvalue weighted by Gasteiger charge is -2.13. The van der Waals surface area contributed by atoms with Gasteiger partial charge in [0.1, 0.15) is 6.04 Å². The van der Waals surface area contributed by atoms with Crippen molar-refractivity contribution in [1.29, 1.82) is 0 Å². The highest BCUT2D eigenvalue weighted by atomic mass is 35.5. The molecule has 0 fully saturated rings. The maximum atomic E-state index is 12.0. The maximum absolute atomic E-state index is 12.0. The second-order valence-corrected chi connectivity index (χ2v) is 4.59. The highest BCUT2D eigenvalue weighted by Crippen LogP contribution is 2.10. The van der Waals surface area contributed by atoms with Crippen molar-refractivity contribution in [2.75, 3.05) is 0 Å². The molecule has 1 aromatic carbocycles. The summed E-state index contributed by atoms with van der Waals surface area (Å²) < 4.78 is 0. The van der Waals surface area contributed by atoms with E-state index in [1.54, 1.807) is 12.1 Å². The van der Waals surface area contributed by atoms with E-state index in [-0.39, 0.29) is 6.42 Å². The van der Waals surface area contributed by atoms with Gasteiger partial charge in [-0.2, -0.15) is 0 Å². The number of hydrogen-bond acceptors (Lipinski definition) is 3. The van der Waals surface area contributed by atoms with Crippen molar-refractivity contribution in [2.45, 2.75) is 12.5 Å². The third-order valence-corrected chi connectivity index (χ3v) is 2.94. The third-order valence-electron chi connectivity index (χ3n) is 2.69. The first-order chi connectivity index (χ1) is 9.56. The number of carbonyl (C=O) groups excluding carboxylic acids is 1. The van der Waals surface area contributed by atoms with Gasteiger partial charge in [-0.15, -0.1) is 0 Å². The minimum atomic E-state index is -1.11. The molecule has 0 bridgehead atoms. The number of carboxylic acid groups (broad SMARTS) is 1. The van der Waals surface area contributed by atoms with Crippen LogP contribution in [0.25, 0.3) is 0 Å². The number of hydrogen-bond donors (Lipinski definition) is 3. The molecular formula is C13H12ClN3O3. The van der Waals surface area contributed by atoms with Crippen molar-refractivity contribution < 1.29 is 14.7 Å². The Morgan fingerprint density at radius 1 is 1.35 bits per heavy atom. The van der Waals surface area contributed by atoms with Gasteiger partial charge in [-0.1, -0.05) is 11.6 Å². The van der Waals surface area contributed by atoms with Gasteiger partial charge in [0, 0.05) is 28.9 Å². The Labute approximate surface area is 119 Å². The number of H-pyrrole nitrogens is 1. The summed E-state index contributed by atoms with van der Waals surface area (Å²) >= 11 is 5.73. The van der Waals surface area contributed by atoms with Gasteiger partial charge in [0.2, 0.25) is 0 Å². The molecule has 1 heterocycles.